The quantitative estimate of drug-likeness (QED) is 0.345. The van der Waals surface area contributed by atoms with E-state index in [1.807, 2.05) is 0 Å². The summed E-state index contributed by atoms with van der Waals surface area (Å²) in [5, 5.41) is 0.411. The average molecular weight is 548 g/mol. The molecule has 14 heteroatoms. The molecule has 11 nitrogen and oxygen atoms in total. The van der Waals surface area contributed by atoms with Gasteiger partial charge in [-0.25, -0.2) is 14.4 Å². The molecule has 0 aliphatic carbocycles. The van der Waals surface area contributed by atoms with Crippen LogP contribution in [0.3, 0.4) is 0 Å². The third-order valence-corrected chi connectivity index (χ3v) is 6.25. The molecule has 0 atom stereocenters. The van der Waals surface area contributed by atoms with Gasteiger partial charge in [-0.3, -0.25) is 4.79 Å². The predicted octanol–water partition coefficient (Wildman–Crippen LogP) is 3.24. The lowest BCUT2D eigenvalue weighted by molar-refractivity contribution is 0.100. The van der Waals surface area contributed by atoms with Crippen molar-refractivity contribution in [3.8, 4) is 0 Å². The predicted molar refractivity (Wildman–Crippen MR) is 127 cm³/mol. The minimum absolute atomic E-state index is 0.00616. The summed E-state index contributed by atoms with van der Waals surface area (Å²) in [6.45, 7) is 0. The van der Waals surface area contributed by atoms with Gasteiger partial charge >= 0.3 is 0 Å². The standard InChI is InChI=1S/C8H5NO2.C7H4ClNO3S.C7H5NO3S/c10-6-9-8(11)7-4-2-1-3-5-7;8-6-1-3-7(4-2-6)13(11,12)9-5-10;9-6-8-12(10,11)7-4-2-1-3-5-7/h1-5H;1-4H;1-5H. The zero-order valence-corrected chi connectivity index (χ0v) is 20.3. The zero-order valence-electron chi connectivity index (χ0n) is 17.9. The third-order valence-electron chi connectivity index (χ3n) is 3.64. The monoisotopic (exact) mass is 547 g/mol. The van der Waals surface area contributed by atoms with Crippen LogP contribution in [0, 0.1) is 0 Å². The summed E-state index contributed by atoms with van der Waals surface area (Å²) in [4.78, 5) is 42.8. The molecule has 0 radical (unpaired) electrons. The lowest BCUT2D eigenvalue weighted by Crippen LogP contribution is -1.95. The number of amides is 1. The average Bonchev–Trinajstić information content (AvgIpc) is 2.86. The minimum Gasteiger partial charge on any atom is -0.266 e. The Kier molecular flexibility index (Phi) is 12.2. The molecule has 0 unspecified atom stereocenters. The Bertz CT molecular complexity index is 1530. The Morgan fingerprint density at radius 2 is 1.03 bits per heavy atom. The summed E-state index contributed by atoms with van der Waals surface area (Å²) in [6, 6.07) is 21.2. The van der Waals surface area contributed by atoms with E-state index >= 15 is 0 Å². The van der Waals surface area contributed by atoms with Gasteiger partial charge in [0, 0.05) is 10.6 Å². The van der Waals surface area contributed by atoms with Gasteiger partial charge in [0.1, 0.15) is 0 Å². The molecule has 0 N–H and O–H groups in total. The first kappa shape index (κ1) is 29.7. The van der Waals surface area contributed by atoms with Crippen LogP contribution < -0.4 is 0 Å². The smallest absolute Gasteiger partial charge is 0.266 e. The highest BCUT2D eigenvalue weighted by atomic mass is 35.5. The van der Waals surface area contributed by atoms with Crippen molar-refractivity contribution in [2.75, 3.05) is 0 Å². The van der Waals surface area contributed by atoms with E-state index < -0.39 is 26.0 Å². The molecule has 0 saturated carbocycles. The molecule has 1 amide bonds. The van der Waals surface area contributed by atoms with Crippen LogP contribution in [0.5, 0.6) is 0 Å². The molecule has 0 spiro atoms. The molecule has 0 aliphatic heterocycles. The van der Waals surface area contributed by atoms with E-state index in [0.717, 1.165) is 12.2 Å². The number of hydrogen-bond acceptors (Lipinski definition) is 8. The first-order valence-corrected chi connectivity index (χ1v) is 12.5. The Hall–Kier alpha value is -4.34. The lowest BCUT2D eigenvalue weighted by atomic mass is 10.2. The number of benzene rings is 3. The SMILES string of the molecule is O=C=NC(=O)c1ccccc1.O=C=NS(=O)(=O)c1ccc(Cl)cc1.O=C=NS(=O)(=O)c1ccccc1. The largest absolute Gasteiger partial charge is 0.292 e. The van der Waals surface area contributed by atoms with E-state index in [1.54, 1.807) is 48.5 Å². The molecule has 0 bridgehead atoms. The van der Waals surface area contributed by atoms with Crippen molar-refractivity contribution in [1.82, 2.24) is 0 Å². The van der Waals surface area contributed by atoms with Crippen molar-refractivity contribution < 1.29 is 36.0 Å². The maximum atomic E-state index is 11.1. The summed E-state index contributed by atoms with van der Waals surface area (Å²) < 4.78 is 49.5. The number of carbonyl (C=O) groups excluding carboxylic acids is 4. The maximum Gasteiger partial charge on any atom is 0.292 e. The second kappa shape index (κ2) is 14.8. The number of isocyanates is 3. The van der Waals surface area contributed by atoms with Crippen molar-refractivity contribution in [1.29, 1.82) is 0 Å². The Morgan fingerprint density at radius 1 is 0.611 bits per heavy atom. The van der Waals surface area contributed by atoms with Gasteiger partial charge in [-0.1, -0.05) is 56.8 Å². The van der Waals surface area contributed by atoms with Gasteiger partial charge in [0.25, 0.3) is 38.1 Å². The Morgan fingerprint density at radius 3 is 1.44 bits per heavy atom. The number of rotatable bonds is 5. The Balaban J connectivity index is 0.000000271. The van der Waals surface area contributed by atoms with Crippen LogP contribution in [0.1, 0.15) is 10.4 Å². The van der Waals surface area contributed by atoms with Crippen molar-refractivity contribution >= 4 is 55.8 Å². The molecule has 0 saturated heterocycles. The highest BCUT2D eigenvalue weighted by Crippen LogP contribution is 2.15. The van der Waals surface area contributed by atoms with Gasteiger partial charge in [-0.05, 0) is 48.5 Å². The van der Waals surface area contributed by atoms with E-state index in [4.69, 9.17) is 11.6 Å². The molecular formula is C22H14ClN3O8S2. The molecule has 3 aromatic carbocycles. The number of sulfonamides is 2. The van der Waals surface area contributed by atoms with Crippen LogP contribution in [-0.4, -0.2) is 41.0 Å². The second-order valence-corrected chi connectivity index (χ2v) is 9.60. The van der Waals surface area contributed by atoms with Crippen LogP contribution in [0.15, 0.2) is 109 Å². The number of halogens is 1. The van der Waals surface area contributed by atoms with Crippen LogP contribution in [0.2, 0.25) is 5.02 Å². The van der Waals surface area contributed by atoms with Gasteiger partial charge in [0.15, 0.2) is 0 Å². The summed E-state index contributed by atoms with van der Waals surface area (Å²) in [5.74, 6) is -0.555. The fraction of sp³-hybridized carbons (Fsp3) is 0. The summed E-state index contributed by atoms with van der Waals surface area (Å²) in [7, 11) is -7.69. The molecule has 0 aromatic heterocycles. The van der Waals surface area contributed by atoms with Gasteiger partial charge < -0.3 is 0 Å². The van der Waals surface area contributed by atoms with E-state index in [-0.39, 0.29) is 9.79 Å². The molecular weight excluding hydrogens is 534 g/mol. The van der Waals surface area contributed by atoms with Crippen LogP contribution in [-0.2, 0) is 34.4 Å². The molecule has 3 rings (SSSR count). The number of aliphatic imine (C=N–C) groups is 1. The van der Waals surface area contributed by atoms with Gasteiger partial charge in [-0.15, -0.1) is 4.99 Å². The van der Waals surface area contributed by atoms with E-state index in [9.17, 15) is 36.0 Å². The second-order valence-electron chi connectivity index (χ2n) is 5.96. The molecule has 3 aromatic rings. The summed E-state index contributed by atoms with van der Waals surface area (Å²) in [5.41, 5.74) is 0.399. The van der Waals surface area contributed by atoms with Crippen LogP contribution >= 0.6 is 11.6 Å². The van der Waals surface area contributed by atoms with Crippen LogP contribution in [0.25, 0.3) is 0 Å². The van der Waals surface area contributed by atoms with Crippen molar-refractivity contribution in [3.05, 3.63) is 95.5 Å². The highest BCUT2D eigenvalue weighted by molar-refractivity contribution is 7.90. The molecule has 0 fully saturated rings. The van der Waals surface area contributed by atoms with E-state index in [2.05, 4.69) is 13.8 Å². The lowest BCUT2D eigenvalue weighted by Gasteiger charge is -1.95. The molecule has 0 aliphatic rings. The topological polar surface area (TPSA) is 174 Å². The van der Waals surface area contributed by atoms with Gasteiger partial charge in [0.05, 0.1) is 9.79 Å². The third kappa shape index (κ3) is 10.3. The van der Waals surface area contributed by atoms with Gasteiger partial charge in [0.2, 0.25) is 6.08 Å². The van der Waals surface area contributed by atoms with Crippen molar-refractivity contribution in [3.63, 3.8) is 0 Å². The number of hydrogen-bond donors (Lipinski definition) is 0. The molecule has 0 heterocycles. The van der Waals surface area contributed by atoms with Gasteiger partial charge in [-0.2, -0.15) is 16.8 Å². The fourth-order valence-corrected chi connectivity index (χ4v) is 3.60. The van der Waals surface area contributed by atoms with Crippen molar-refractivity contribution in [2.24, 2.45) is 13.8 Å². The first-order valence-electron chi connectivity index (χ1n) is 9.23. The molecule has 36 heavy (non-hydrogen) atoms. The maximum absolute atomic E-state index is 11.1. The normalized spacial score (nSPS) is 9.81. The zero-order chi connectivity index (χ0) is 27.0. The number of nitrogens with zero attached hydrogens (tertiary/aromatic N) is 3. The van der Waals surface area contributed by atoms with E-state index in [0.29, 0.717) is 10.6 Å². The highest BCUT2D eigenvalue weighted by Gasteiger charge is 2.11. The summed E-state index contributed by atoms with van der Waals surface area (Å²) >= 11 is 5.54. The van der Waals surface area contributed by atoms with Crippen LogP contribution in [0.4, 0.5) is 0 Å². The first-order chi connectivity index (χ1) is 17.1. The molecule has 184 valence electrons. The summed E-state index contributed by atoms with van der Waals surface area (Å²) in [6.07, 6.45) is 3.16. The van der Waals surface area contributed by atoms with Crippen molar-refractivity contribution in [2.45, 2.75) is 9.79 Å². The fourth-order valence-electron chi connectivity index (χ4n) is 2.09. The van der Waals surface area contributed by atoms with E-state index in [1.165, 1.54) is 42.5 Å². The Labute approximate surface area is 210 Å². The number of carbonyl (C=O) groups is 1. The minimum atomic E-state index is -3.88.